The molecule has 3 rings (SSSR count). The molecule has 0 aliphatic rings. The lowest BCUT2D eigenvalue weighted by atomic mass is 10.1. The Balaban J connectivity index is 1.63. The summed E-state index contributed by atoms with van der Waals surface area (Å²) in [5.41, 5.74) is 2.63. The third kappa shape index (κ3) is 3.08. The van der Waals surface area contributed by atoms with Crippen molar-refractivity contribution in [3.8, 4) is 11.5 Å². The predicted molar refractivity (Wildman–Crippen MR) is 89.8 cm³/mol. The second-order valence-corrected chi connectivity index (χ2v) is 5.28. The third-order valence-electron chi connectivity index (χ3n) is 3.90. The van der Waals surface area contributed by atoms with E-state index in [-0.39, 0.29) is 0 Å². The molecule has 0 atom stereocenters. The van der Waals surface area contributed by atoms with Crippen molar-refractivity contribution in [3.63, 3.8) is 0 Å². The number of rotatable bonds is 6. The number of nitrogens with zero attached hydrogens (tertiary/aromatic N) is 1. The summed E-state index contributed by atoms with van der Waals surface area (Å²) < 4.78 is 13.2. The van der Waals surface area contributed by atoms with Crippen LogP contribution < -0.4 is 9.47 Å². The van der Waals surface area contributed by atoms with Crippen LogP contribution >= 0.6 is 0 Å². The Morgan fingerprint density at radius 2 is 1.73 bits per heavy atom. The van der Waals surface area contributed by atoms with Crippen LogP contribution in [0.25, 0.3) is 10.9 Å². The highest BCUT2D eigenvalue weighted by atomic mass is 16.5. The van der Waals surface area contributed by atoms with E-state index in [9.17, 15) is 0 Å². The van der Waals surface area contributed by atoms with Gasteiger partial charge < -0.3 is 14.0 Å². The van der Waals surface area contributed by atoms with Gasteiger partial charge in [0.05, 0.1) is 13.7 Å². The van der Waals surface area contributed by atoms with Crippen LogP contribution in [0.5, 0.6) is 11.5 Å². The van der Waals surface area contributed by atoms with Crippen molar-refractivity contribution < 1.29 is 9.47 Å². The fourth-order valence-corrected chi connectivity index (χ4v) is 2.60. The Bertz CT molecular complexity index is 744. The van der Waals surface area contributed by atoms with Crippen LogP contribution in [0.15, 0.2) is 54.7 Å². The van der Waals surface area contributed by atoms with Gasteiger partial charge in [0, 0.05) is 11.7 Å². The molecule has 3 heteroatoms. The lowest BCUT2D eigenvalue weighted by Crippen LogP contribution is -2.07. The summed E-state index contributed by atoms with van der Waals surface area (Å²) in [6.07, 6.45) is 3.20. The molecule has 1 aromatic heterocycles. The van der Waals surface area contributed by atoms with Gasteiger partial charge in [-0.25, -0.2) is 0 Å². The Kier molecular flexibility index (Phi) is 4.33. The van der Waals surface area contributed by atoms with Crippen molar-refractivity contribution in [2.45, 2.75) is 19.9 Å². The zero-order valence-corrected chi connectivity index (χ0v) is 13.1. The van der Waals surface area contributed by atoms with Gasteiger partial charge in [-0.15, -0.1) is 0 Å². The fraction of sp³-hybridized carbons (Fsp3) is 0.263. The first-order chi connectivity index (χ1) is 10.8. The van der Waals surface area contributed by atoms with Crippen LogP contribution in [-0.2, 0) is 13.0 Å². The Morgan fingerprint density at radius 3 is 2.45 bits per heavy atom. The first-order valence-electron chi connectivity index (χ1n) is 7.65. The molecular weight excluding hydrogens is 274 g/mol. The summed E-state index contributed by atoms with van der Waals surface area (Å²) >= 11 is 0. The van der Waals surface area contributed by atoms with Gasteiger partial charge in [-0.2, -0.15) is 0 Å². The molecule has 0 spiro atoms. The topological polar surface area (TPSA) is 23.4 Å². The minimum absolute atomic E-state index is 0.644. The maximum Gasteiger partial charge on any atom is 0.119 e. The van der Waals surface area contributed by atoms with Crippen molar-refractivity contribution in [2.24, 2.45) is 0 Å². The number of methoxy groups -OCH3 is 1. The van der Waals surface area contributed by atoms with Crippen molar-refractivity contribution in [3.05, 3.63) is 60.3 Å². The summed E-state index contributed by atoms with van der Waals surface area (Å²) in [7, 11) is 1.66. The van der Waals surface area contributed by atoms with E-state index in [0.717, 1.165) is 24.5 Å². The molecule has 0 amide bonds. The van der Waals surface area contributed by atoms with Crippen molar-refractivity contribution in [2.75, 3.05) is 13.7 Å². The molecule has 0 bridgehead atoms. The minimum Gasteiger partial charge on any atom is -0.497 e. The molecule has 3 nitrogen and oxygen atoms in total. The highest BCUT2D eigenvalue weighted by Crippen LogP contribution is 2.19. The number of ether oxygens (including phenoxy) is 2. The van der Waals surface area contributed by atoms with Crippen molar-refractivity contribution in [1.82, 2.24) is 4.57 Å². The minimum atomic E-state index is 0.644. The zero-order chi connectivity index (χ0) is 15.4. The smallest absolute Gasteiger partial charge is 0.119 e. The van der Waals surface area contributed by atoms with Crippen LogP contribution in [0.1, 0.15) is 12.5 Å². The lowest BCUT2D eigenvalue weighted by Gasteiger charge is -2.09. The molecule has 2 aromatic carbocycles. The Hall–Kier alpha value is -2.42. The lowest BCUT2D eigenvalue weighted by molar-refractivity contribution is 0.300. The normalized spacial score (nSPS) is 10.8. The number of fused-ring (bicyclic) bond motifs is 1. The predicted octanol–water partition coefficient (Wildman–Crippen LogP) is 4.29. The van der Waals surface area contributed by atoms with Gasteiger partial charge >= 0.3 is 0 Å². The molecule has 0 fully saturated rings. The number of benzene rings is 2. The number of aromatic nitrogens is 1. The van der Waals surface area contributed by atoms with Crippen LogP contribution in [0.2, 0.25) is 0 Å². The van der Waals surface area contributed by atoms with Crippen LogP contribution in [0.3, 0.4) is 0 Å². The van der Waals surface area contributed by atoms with E-state index < -0.39 is 0 Å². The average Bonchev–Trinajstić information content (AvgIpc) is 2.98. The van der Waals surface area contributed by atoms with Gasteiger partial charge in [-0.1, -0.05) is 13.0 Å². The molecule has 0 saturated carbocycles. The fourth-order valence-electron chi connectivity index (χ4n) is 2.60. The second kappa shape index (κ2) is 6.56. The largest absolute Gasteiger partial charge is 0.497 e. The quantitative estimate of drug-likeness (QED) is 0.677. The molecular formula is C19H21NO2. The van der Waals surface area contributed by atoms with E-state index >= 15 is 0 Å². The van der Waals surface area contributed by atoms with Gasteiger partial charge in [0.25, 0.3) is 0 Å². The van der Waals surface area contributed by atoms with Gasteiger partial charge in [0.1, 0.15) is 18.1 Å². The SMILES string of the molecule is CCc1ccc2c(ccn2CCOc2ccc(OC)cc2)c1. The van der Waals surface area contributed by atoms with Crippen LogP contribution in [0.4, 0.5) is 0 Å². The molecule has 1 heterocycles. The number of aryl methyl sites for hydroxylation is 1. The third-order valence-corrected chi connectivity index (χ3v) is 3.90. The van der Waals surface area contributed by atoms with Crippen LogP contribution in [-0.4, -0.2) is 18.3 Å². The van der Waals surface area contributed by atoms with Gasteiger partial charge in [0.2, 0.25) is 0 Å². The van der Waals surface area contributed by atoms with Crippen molar-refractivity contribution >= 4 is 10.9 Å². The Morgan fingerprint density at radius 1 is 0.955 bits per heavy atom. The van der Waals surface area contributed by atoms with Gasteiger partial charge in [0.15, 0.2) is 0 Å². The zero-order valence-electron chi connectivity index (χ0n) is 13.1. The average molecular weight is 295 g/mol. The van der Waals surface area contributed by atoms with Gasteiger partial charge in [-0.05, 0) is 59.8 Å². The first-order valence-corrected chi connectivity index (χ1v) is 7.65. The van der Waals surface area contributed by atoms with Crippen molar-refractivity contribution in [1.29, 1.82) is 0 Å². The second-order valence-electron chi connectivity index (χ2n) is 5.28. The highest BCUT2D eigenvalue weighted by molar-refractivity contribution is 5.80. The van der Waals surface area contributed by atoms with E-state index in [4.69, 9.17) is 9.47 Å². The molecule has 0 aliphatic carbocycles. The van der Waals surface area contributed by atoms with E-state index in [1.807, 2.05) is 24.3 Å². The maximum absolute atomic E-state index is 5.80. The highest BCUT2D eigenvalue weighted by Gasteiger charge is 2.02. The van der Waals surface area contributed by atoms with Gasteiger partial charge in [-0.3, -0.25) is 0 Å². The molecule has 0 saturated heterocycles. The maximum atomic E-state index is 5.80. The first kappa shape index (κ1) is 14.5. The summed E-state index contributed by atoms with van der Waals surface area (Å²) in [6.45, 7) is 3.66. The van der Waals surface area contributed by atoms with Crippen LogP contribution in [0, 0.1) is 0 Å². The molecule has 0 radical (unpaired) electrons. The summed E-state index contributed by atoms with van der Waals surface area (Å²) in [6, 6.07) is 16.5. The van der Waals surface area contributed by atoms with E-state index in [1.165, 1.54) is 16.5 Å². The molecule has 0 N–H and O–H groups in total. The van der Waals surface area contributed by atoms with E-state index in [0.29, 0.717) is 6.61 Å². The van der Waals surface area contributed by atoms with E-state index in [2.05, 4.69) is 42.0 Å². The number of hydrogen-bond donors (Lipinski definition) is 0. The standard InChI is InChI=1S/C19H21NO2/c1-3-15-4-9-19-16(14-15)10-11-20(19)12-13-22-18-7-5-17(21-2)6-8-18/h4-11,14H,3,12-13H2,1-2H3. The van der Waals surface area contributed by atoms with E-state index in [1.54, 1.807) is 7.11 Å². The summed E-state index contributed by atoms with van der Waals surface area (Å²) in [5, 5.41) is 1.30. The molecule has 0 aliphatic heterocycles. The molecule has 114 valence electrons. The number of hydrogen-bond acceptors (Lipinski definition) is 2. The Labute approximate surface area is 131 Å². The molecule has 3 aromatic rings. The molecule has 0 unspecified atom stereocenters. The monoisotopic (exact) mass is 295 g/mol. The summed E-state index contributed by atoms with van der Waals surface area (Å²) in [4.78, 5) is 0. The summed E-state index contributed by atoms with van der Waals surface area (Å²) in [5.74, 6) is 1.71. The molecule has 22 heavy (non-hydrogen) atoms.